The summed E-state index contributed by atoms with van der Waals surface area (Å²) in [7, 11) is 1.57. The molecule has 0 radical (unpaired) electrons. The SMILES string of the molecule is COc1ccc([C@H](C(=O)NC2CCCCC2)N(C(=O)c2snc(C(N)=O)c2N)c2cc(C)ccc2C)cc1. The van der Waals surface area contributed by atoms with Crippen molar-refractivity contribution in [3.63, 3.8) is 0 Å². The topological polar surface area (TPSA) is 141 Å². The number of anilines is 2. The largest absolute Gasteiger partial charge is 0.497 e. The number of carbonyl (C=O) groups is 3. The number of benzene rings is 2. The van der Waals surface area contributed by atoms with Crippen molar-refractivity contribution in [1.82, 2.24) is 9.69 Å². The molecule has 1 aliphatic carbocycles. The first-order chi connectivity index (χ1) is 18.2. The number of nitrogens with one attached hydrogen (secondary N) is 1. The molecular formula is C28H33N5O4S. The fourth-order valence-electron chi connectivity index (χ4n) is 4.81. The Bertz CT molecular complexity index is 1330. The Morgan fingerprint density at radius 3 is 2.37 bits per heavy atom. The van der Waals surface area contributed by atoms with E-state index in [9.17, 15) is 14.4 Å². The minimum Gasteiger partial charge on any atom is -0.497 e. The minimum absolute atomic E-state index is 0.0301. The lowest BCUT2D eigenvalue weighted by molar-refractivity contribution is -0.123. The number of methoxy groups -OCH3 is 1. The number of nitrogen functional groups attached to an aromatic ring is 1. The zero-order valence-corrected chi connectivity index (χ0v) is 22.6. The van der Waals surface area contributed by atoms with E-state index in [1.165, 1.54) is 4.90 Å². The number of amides is 3. The van der Waals surface area contributed by atoms with E-state index in [1.807, 2.05) is 32.0 Å². The number of rotatable bonds is 8. The Hall–Kier alpha value is -3.92. The number of nitrogens with zero attached hydrogens (tertiary/aromatic N) is 2. The smallest absolute Gasteiger partial charge is 0.273 e. The highest BCUT2D eigenvalue weighted by molar-refractivity contribution is 7.09. The van der Waals surface area contributed by atoms with Crippen molar-refractivity contribution < 1.29 is 19.1 Å². The predicted molar refractivity (Wildman–Crippen MR) is 149 cm³/mol. The van der Waals surface area contributed by atoms with Crippen LogP contribution in [-0.4, -0.2) is 35.2 Å². The van der Waals surface area contributed by atoms with E-state index in [4.69, 9.17) is 16.2 Å². The molecule has 1 aliphatic rings. The van der Waals surface area contributed by atoms with E-state index in [2.05, 4.69) is 9.69 Å². The Labute approximate surface area is 226 Å². The number of primary amides is 1. The summed E-state index contributed by atoms with van der Waals surface area (Å²) in [5.41, 5.74) is 14.2. The molecular weight excluding hydrogens is 502 g/mol. The number of aromatic nitrogens is 1. The van der Waals surface area contributed by atoms with E-state index >= 15 is 0 Å². The van der Waals surface area contributed by atoms with Gasteiger partial charge in [-0.15, -0.1) is 0 Å². The lowest BCUT2D eigenvalue weighted by Crippen LogP contribution is -2.47. The van der Waals surface area contributed by atoms with Crippen molar-refractivity contribution in [3.8, 4) is 5.75 Å². The Balaban J connectivity index is 1.88. The Morgan fingerprint density at radius 2 is 1.76 bits per heavy atom. The predicted octanol–water partition coefficient (Wildman–Crippen LogP) is 4.29. The van der Waals surface area contributed by atoms with Crippen molar-refractivity contribution in [3.05, 3.63) is 69.7 Å². The average molecular weight is 536 g/mol. The molecule has 0 unspecified atom stereocenters. The molecule has 0 aliphatic heterocycles. The molecule has 10 heteroatoms. The summed E-state index contributed by atoms with van der Waals surface area (Å²) in [6.07, 6.45) is 5.02. The summed E-state index contributed by atoms with van der Waals surface area (Å²) >= 11 is 0.793. The van der Waals surface area contributed by atoms with Gasteiger partial charge in [0.2, 0.25) is 5.91 Å². The number of nitrogens with two attached hydrogens (primary N) is 2. The number of hydrogen-bond donors (Lipinski definition) is 3. The second-order valence-electron chi connectivity index (χ2n) is 9.62. The number of carbonyl (C=O) groups excluding carboxylic acids is 3. The molecule has 5 N–H and O–H groups in total. The van der Waals surface area contributed by atoms with Crippen LogP contribution in [-0.2, 0) is 4.79 Å². The van der Waals surface area contributed by atoms with Gasteiger partial charge >= 0.3 is 0 Å². The van der Waals surface area contributed by atoms with Gasteiger partial charge < -0.3 is 21.5 Å². The van der Waals surface area contributed by atoms with Crippen LogP contribution in [0.15, 0.2) is 42.5 Å². The molecule has 1 heterocycles. The van der Waals surface area contributed by atoms with Crippen molar-refractivity contribution in [2.24, 2.45) is 5.73 Å². The first kappa shape index (κ1) is 27.1. The maximum absolute atomic E-state index is 14.3. The first-order valence-corrected chi connectivity index (χ1v) is 13.4. The van der Waals surface area contributed by atoms with Gasteiger partial charge in [-0.1, -0.05) is 43.5 Å². The zero-order chi connectivity index (χ0) is 27.4. The molecule has 4 rings (SSSR count). The Kier molecular flexibility index (Phi) is 8.31. The second-order valence-corrected chi connectivity index (χ2v) is 10.4. The van der Waals surface area contributed by atoms with Crippen LogP contribution >= 0.6 is 11.5 Å². The molecule has 3 aromatic rings. The van der Waals surface area contributed by atoms with Crippen LogP contribution in [0.2, 0.25) is 0 Å². The molecule has 1 aromatic heterocycles. The minimum atomic E-state index is -1.02. The maximum Gasteiger partial charge on any atom is 0.273 e. The monoisotopic (exact) mass is 535 g/mol. The van der Waals surface area contributed by atoms with E-state index in [0.29, 0.717) is 17.0 Å². The normalized spacial score (nSPS) is 14.5. The highest BCUT2D eigenvalue weighted by atomic mass is 32.1. The fourth-order valence-corrected chi connectivity index (χ4v) is 5.56. The van der Waals surface area contributed by atoms with Gasteiger partial charge in [-0.05, 0) is 73.1 Å². The summed E-state index contributed by atoms with van der Waals surface area (Å²) in [5, 5.41) is 3.19. The quantitative estimate of drug-likeness (QED) is 0.393. The standard InChI is InChI=1S/C28H33N5O4S/c1-16-9-10-17(2)21(15-16)33(28(36)25-22(29)23(26(30)34)32-38-25)24(18-11-13-20(37-3)14-12-18)27(35)31-19-7-5-4-6-8-19/h9-15,19,24H,4-8,29H2,1-3H3,(H2,30,34)(H,31,35)/t24-/m1/s1. The highest BCUT2D eigenvalue weighted by Gasteiger charge is 2.37. The summed E-state index contributed by atoms with van der Waals surface area (Å²) in [4.78, 5) is 41.6. The van der Waals surface area contributed by atoms with Gasteiger partial charge in [0.25, 0.3) is 11.8 Å². The molecule has 0 saturated heterocycles. The van der Waals surface area contributed by atoms with Crippen molar-refractivity contribution in [2.75, 3.05) is 17.7 Å². The molecule has 38 heavy (non-hydrogen) atoms. The van der Waals surface area contributed by atoms with Gasteiger partial charge in [0, 0.05) is 11.7 Å². The molecule has 1 saturated carbocycles. The Morgan fingerprint density at radius 1 is 1.08 bits per heavy atom. The molecule has 200 valence electrons. The average Bonchev–Trinajstić information content (AvgIpc) is 3.30. The van der Waals surface area contributed by atoms with Crippen LogP contribution in [0.3, 0.4) is 0 Å². The molecule has 0 bridgehead atoms. The summed E-state index contributed by atoms with van der Waals surface area (Å²) in [6.45, 7) is 3.80. The van der Waals surface area contributed by atoms with Crippen LogP contribution in [0.5, 0.6) is 5.75 Å². The van der Waals surface area contributed by atoms with Gasteiger partial charge in [0.05, 0.1) is 12.8 Å². The summed E-state index contributed by atoms with van der Waals surface area (Å²) in [6, 6.07) is 11.8. The van der Waals surface area contributed by atoms with Crippen molar-refractivity contribution in [1.29, 1.82) is 0 Å². The van der Waals surface area contributed by atoms with Crippen LogP contribution in [0, 0.1) is 13.8 Å². The lowest BCUT2D eigenvalue weighted by atomic mass is 9.94. The van der Waals surface area contributed by atoms with Gasteiger partial charge in [-0.25, -0.2) is 0 Å². The van der Waals surface area contributed by atoms with E-state index < -0.39 is 17.9 Å². The lowest BCUT2D eigenvalue weighted by Gasteiger charge is -2.34. The molecule has 3 amide bonds. The fraction of sp³-hybridized carbons (Fsp3) is 0.357. The third kappa shape index (κ3) is 5.65. The van der Waals surface area contributed by atoms with Crippen molar-refractivity contribution >= 4 is 40.6 Å². The highest BCUT2D eigenvalue weighted by Crippen LogP contribution is 2.36. The molecule has 0 spiro atoms. The van der Waals surface area contributed by atoms with Gasteiger partial charge in [0.1, 0.15) is 16.7 Å². The van der Waals surface area contributed by atoms with Crippen LogP contribution in [0.25, 0.3) is 0 Å². The van der Waals surface area contributed by atoms with Gasteiger partial charge in [-0.2, -0.15) is 4.37 Å². The molecule has 1 fully saturated rings. The van der Waals surface area contributed by atoms with Crippen molar-refractivity contribution in [2.45, 2.75) is 58.0 Å². The number of hydrogen-bond acceptors (Lipinski definition) is 7. The molecule has 9 nitrogen and oxygen atoms in total. The van der Waals surface area contributed by atoms with Crippen LogP contribution < -0.4 is 26.4 Å². The molecule has 1 atom stereocenters. The number of aryl methyl sites for hydroxylation is 2. The van der Waals surface area contributed by atoms with Gasteiger partial charge in [-0.3, -0.25) is 19.3 Å². The number of ether oxygens (including phenoxy) is 1. The second kappa shape index (κ2) is 11.6. The third-order valence-electron chi connectivity index (χ3n) is 6.89. The summed E-state index contributed by atoms with van der Waals surface area (Å²) < 4.78 is 9.34. The van der Waals surface area contributed by atoms with E-state index in [-0.39, 0.29) is 28.2 Å². The summed E-state index contributed by atoms with van der Waals surface area (Å²) in [5.74, 6) is -1.03. The third-order valence-corrected chi connectivity index (χ3v) is 7.74. The van der Waals surface area contributed by atoms with E-state index in [1.54, 1.807) is 31.4 Å². The first-order valence-electron chi connectivity index (χ1n) is 12.6. The van der Waals surface area contributed by atoms with E-state index in [0.717, 1.165) is 54.8 Å². The van der Waals surface area contributed by atoms with Crippen LogP contribution in [0.4, 0.5) is 11.4 Å². The zero-order valence-electron chi connectivity index (χ0n) is 21.8. The van der Waals surface area contributed by atoms with Gasteiger partial charge in [0.15, 0.2) is 5.69 Å². The maximum atomic E-state index is 14.3. The molecule has 2 aromatic carbocycles. The van der Waals surface area contributed by atoms with Crippen LogP contribution in [0.1, 0.15) is 75.0 Å².